The fourth-order valence-electron chi connectivity index (χ4n) is 7.34. The van der Waals surface area contributed by atoms with Crippen molar-refractivity contribution >= 4 is 27.6 Å². The zero-order chi connectivity index (χ0) is 27.6. The van der Waals surface area contributed by atoms with Crippen LogP contribution in [0.15, 0.2) is 132 Å². The SMILES string of the molecule is c1ccc2c(c1)Cc1ccc(CN(Cc3cccc4c3-c3ccccc3C4)c3cccc4oc5ccccc5c34)cc1-2. The minimum Gasteiger partial charge on any atom is -0.456 e. The monoisotopic (exact) mass is 539 g/mol. The van der Waals surface area contributed by atoms with E-state index in [9.17, 15) is 0 Å². The Hall–Kier alpha value is -5.08. The topological polar surface area (TPSA) is 16.4 Å². The number of hydrogen-bond donors (Lipinski definition) is 0. The average Bonchev–Trinajstić information content (AvgIpc) is 3.72. The highest BCUT2D eigenvalue weighted by Gasteiger charge is 2.24. The minimum atomic E-state index is 0.805. The van der Waals surface area contributed by atoms with Gasteiger partial charge in [0.05, 0.1) is 5.39 Å². The van der Waals surface area contributed by atoms with Gasteiger partial charge in [-0.05, 0) is 92.7 Å². The van der Waals surface area contributed by atoms with Gasteiger partial charge in [0.25, 0.3) is 0 Å². The van der Waals surface area contributed by atoms with Crippen molar-refractivity contribution in [3.63, 3.8) is 0 Å². The van der Waals surface area contributed by atoms with Gasteiger partial charge in [0, 0.05) is 24.2 Å². The van der Waals surface area contributed by atoms with E-state index in [0.717, 1.165) is 37.1 Å². The second-order valence-electron chi connectivity index (χ2n) is 11.7. The van der Waals surface area contributed by atoms with E-state index in [-0.39, 0.29) is 0 Å². The van der Waals surface area contributed by atoms with Gasteiger partial charge in [-0.3, -0.25) is 0 Å². The van der Waals surface area contributed by atoms with Crippen molar-refractivity contribution in [1.29, 1.82) is 0 Å². The molecule has 0 N–H and O–H groups in total. The van der Waals surface area contributed by atoms with Crippen LogP contribution in [0.5, 0.6) is 0 Å². The van der Waals surface area contributed by atoms with Gasteiger partial charge in [-0.1, -0.05) is 103 Å². The van der Waals surface area contributed by atoms with Crippen LogP contribution in [0.3, 0.4) is 0 Å². The van der Waals surface area contributed by atoms with E-state index in [4.69, 9.17) is 4.42 Å². The van der Waals surface area contributed by atoms with Gasteiger partial charge in [-0.15, -0.1) is 0 Å². The standard InChI is InChI=1S/C40H29NO/c1-3-13-32-27(9-1)22-29-20-19-26(21-35(29)32)24-41(36-16-8-18-38-40(36)34-15-5-6-17-37(34)42-38)25-31-12-7-11-30-23-28-10-2-4-14-33(28)39(30)31/h1-21H,22-25H2. The molecule has 2 heteroatoms. The van der Waals surface area contributed by atoms with Crippen LogP contribution in [0.25, 0.3) is 44.2 Å². The molecule has 0 bridgehead atoms. The quantitative estimate of drug-likeness (QED) is 0.216. The molecule has 2 aliphatic carbocycles. The van der Waals surface area contributed by atoms with E-state index in [0.29, 0.717) is 0 Å². The maximum atomic E-state index is 6.34. The Balaban J connectivity index is 1.20. The van der Waals surface area contributed by atoms with Crippen molar-refractivity contribution in [1.82, 2.24) is 0 Å². The Morgan fingerprint density at radius 2 is 1.21 bits per heavy atom. The number of hydrogen-bond acceptors (Lipinski definition) is 2. The molecule has 0 spiro atoms. The molecule has 9 rings (SSSR count). The number of rotatable bonds is 5. The number of furan rings is 1. The molecule has 0 fully saturated rings. The largest absolute Gasteiger partial charge is 0.456 e. The van der Waals surface area contributed by atoms with Crippen molar-refractivity contribution in [3.05, 3.63) is 161 Å². The molecule has 2 nitrogen and oxygen atoms in total. The van der Waals surface area contributed by atoms with Crippen LogP contribution >= 0.6 is 0 Å². The van der Waals surface area contributed by atoms with Crippen LogP contribution in [0.1, 0.15) is 33.4 Å². The number of anilines is 1. The summed E-state index contributed by atoms with van der Waals surface area (Å²) >= 11 is 0. The summed E-state index contributed by atoms with van der Waals surface area (Å²) in [5, 5.41) is 2.35. The zero-order valence-corrected chi connectivity index (χ0v) is 23.3. The lowest BCUT2D eigenvalue weighted by molar-refractivity contribution is 0.668. The molecule has 2 aliphatic rings. The van der Waals surface area contributed by atoms with Crippen molar-refractivity contribution in [2.75, 3.05) is 4.90 Å². The molecule has 200 valence electrons. The van der Waals surface area contributed by atoms with E-state index in [1.165, 1.54) is 72.1 Å². The van der Waals surface area contributed by atoms with Gasteiger partial charge in [0.1, 0.15) is 11.2 Å². The van der Waals surface area contributed by atoms with Gasteiger partial charge in [0.15, 0.2) is 0 Å². The summed E-state index contributed by atoms with van der Waals surface area (Å²) in [6.07, 6.45) is 2.02. The third-order valence-electron chi connectivity index (χ3n) is 9.22. The van der Waals surface area contributed by atoms with Gasteiger partial charge in [0.2, 0.25) is 0 Å². The molecule has 0 unspecified atom stereocenters. The van der Waals surface area contributed by atoms with Crippen molar-refractivity contribution in [2.24, 2.45) is 0 Å². The number of benzene rings is 6. The average molecular weight is 540 g/mol. The molecule has 1 heterocycles. The Bertz CT molecular complexity index is 2170. The van der Waals surface area contributed by atoms with Crippen molar-refractivity contribution < 1.29 is 4.42 Å². The predicted molar refractivity (Wildman–Crippen MR) is 173 cm³/mol. The molecule has 0 amide bonds. The van der Waals surface area contributed by atoms with E-state index in [1.54, 1.807) is 0 Å². The second kappa shape index (κ2) is 9.22. The van der Waals surface area contributed by atoms with E-state index in [2.05, 4.69) is 132 Å². The second-order valence-corrected chi connectivity index (χ2v) is 11.7. The summed E-state index contributed by atoms with van der Waals surface area (Å²) in [7, 11) is 0. The zero-order valence-electron chi connectivity index (χ0n) is 23.3. The minimum absolute atomic E-state index is 0.805. The molecule has 0 atom stereocenters. The van der Waals surface area contributed by atoms with Crippen molar-refractivity contribution in [3.8, 4) is 22.3 Å². The number of fused-ring (bicyclic) bond motifs is 9. The van der Waals surface area contributed by atoms with Gasteiger partial charge >= 0.3 is 0 Å². The molecule has 0 saturated carbocycles. The number of para-hydroxylation sites is 1. The summed E-state index contributed by atoms with van der Waals surface area (Å²) in [6, 6.07) is 46.6. The van der Waals surface area contributed by atoms with E-state index < -0.39 is 0 Å². The van der Waals surface area contributed by atoms with Crippen LogP contribution in [0.4, 0.5) is 5.69 Å². The molecule has 0 aliphatic heterocycles. The molecule has 7 aromatic rings. The molecular weight excluding hydrogens is 510 g/mol. The predicted octanol–water partition coefficient (Wildman–Crippen LogP) is 9.94. The summed E-state index contributed by atoms with van der Waals surface area (Å²) in [6.45, 7) is 1.61. The Kier molecular flexibility index (Phi) is 5.18. The first-order valence-corrected chi connectivity index (χ1v) is 14.8. The van der Waals surface area contributed by atoms with Crippen molar-refractivity contribution in [2.45, 2.75) is 25.9 Å². The molecular formula is C40H29NO. The Labute approximate surface area is 245 Å². The summed E-state index contributed by atoms with van der Waals surface area (Å²) in [5.74, 6) is 0. The third-order valence-corrected chi connectivity index (χ3v) is 9.22. The van der Waals surface area contributed by atoms with Crippen LogP contribution in [0, 0.1) is 0 Å². The normalized spacial score (nSPS) is 12.8. The maximum absolute atomic E-state index is 6.34. The molecule has 0 radical (unpaired) electrons. The molecule has 42 heavy (non-hydrogen) atoms. The summed E-state index contributed by atoms with van der Waals surface area (Å²) in [5.41, 5.74) is 17.0. The summed E-state index contributed by atoms with van der Waals surface area (Å²) in [4.78, 5) is 2.56. The number of nitrogens with zero attached hydrogens (tertiary/aromatic N) is 1. The van der Waals surface area contributed by atoms with Gasteiger partial charge < -0.3 is 9.32 Å². The van der Waals surface area contributed by atoms with Crippen LogP contribution in [0.2, 0.25) is 0 Å². The lowest BCUT2D eigenvalue weighted by Gasteiger charge is -2.27. The fraction of sp³-hybridized carbons (Fsp3) is 0.100. The lowest BCUT2D eigenvalue weighted by Crippen LogP contribution is -2.23. The van der Waals surface area contributed by atoms with Crippen LogP contribution < -0.4 is 4.90 Å². The van der Waals surface area contributed by atoms with Crippen LogP contribution in [-0.4, -0.2) is 0 Å². The fourth-order valence-corrected chi connectivity index (χ4v) is 7.34. The first kappa shape index (κ1) is 23.6. The third kappa shape index (κ3) is 3.65. The first-order valence-electron chi connectivity index (χ1n) is 14.8. The highest BCUT2D eigenvalue weighted by Crippen LogP contribution is 2.42. The summed E-state index contributed by atoms with van der Waals surface area (Å²) < 4.78 is 6.34. The highest BCUT2D eigenvalue weighted by molar-refractivity contribution is 6.11. The van der Waals surface area contributed by atoms with Crippen LogP contribution in [-0.2, 0) is 25.9 Å². The lowest BCUT2D eigenvalue weighted by atomic mass is 9.98. The Morgan fingerprint density at radius 1 is 0.524 bits per heavy atom. The van der Waals surface area contributed by atoms with E-state index >= 15 is 0 Å². The maximum Gasteiger partial charge on any atom is 0.137 e. The molecule has 0 saturated heterocycles. The molecule has 6 aromatic carbocycles. The Morgan fingerprint density at radius 3 is 2.14 bits per heavy atom. The highest BCUT2D eigenvalue weighted by atomic mass is 16.3. The van der Waals surface area contributed by atoms with E-state index in [1.807, 2.05) is 0 Å². The smallest absolute Gasteiger partial charge is 0.137 e. The van der Waals surface area contributed by atoms with Gasteiger partial charge in [-0.2, -0.15) is 0 Å². The first-order chi connectivity index (χ1) is 20.8. The van der Waals surface area contributed by atoms with Gasteiger partial charge in [-0.25, -0.2) is 0 Å². The molecule has 1 aromatic heterocycles.